The maximum Gasteiger partial charge on any atom is 0.259 e. The van der Waals surface area contributed by atoms with Gasteiger partial charge in [0.25, 0.3) is 11.8 Å². The molecule has 0 unspecified atom stereocenters. The first-order valence-electron chi connectivity index (χ1n) is 7.32. The molecule has 0 saturated carbocycles. The standard InChI is InChI=1S/C19H9F2N3O2/c20-14-9-15(21)19(26-17-8-4-2-6-13(17)11-23)24-18(14)25-16-7-3-1-5-12(16)10-22/h1-9H. The van der Waals surface area contributed by atoms with Gasteiger partial charge < -0.3 is 9.47 Å². The predicted molar refractivity (Wildman–Crippen MR) is 86.6 cm³/mol. The Morgan fingerprint density at radius 3 is 1.58 bits per heavy atom. The van der Waals surface area contributed by atoms with Gasteiger partial charge in [-0.15, -0.1) is 0 Å². The van der Waals surface area contributed by atoms with Gasteiger partial charge in [0.05, 0.1) is 11.1 Å². The van der Waals surface area contributed by atoms with E-state index < -0.39 is 23.4 Å². The topological polar surface area (TPSA) is 78.9 Å². The van der Waals surface area contributed by atoms with E-state index in [4.69, 9.17) is 20.0 Å². The van der Waals surface area contributed by atoms with Crippen molar-refractivity contribution < 1.29 is 18.3 Å². The smallest absolute Gasteiger partial charge is 0.259 e. The molecule has 0 fully saturated rings. The Bertz CT molecular complexity index is 975. The normalized spacial score (nSPS) is 9.85. The summed E-state index contributed by atoms with van der Waals surface area (Å²) in [4.78, 5) is 3.70. The zero-order chi connectivity index (χ0) is 18.5. The van der Waals surface area contributed by atoms with Crippen LogP contribution >= 0.6 is 0 Å². The highest BCUT2D eigenvalue weighted by Crippen LogP contribution is 2.31. The maximum absolute atomic E-state index is 14.0. The van der Waals surface area contributed by atoms with E-state index in [-0.39, 0.29) is 22.6 Å². The highest BCUT2D eigenvalue weighted by molar-refractivity contribution is 5.46. The lowest BCUT2D eigenvalue weighted by molar-refractivity contribution is 0.376. The fraction of sp³-hybridized carbons (Fsp3) is 0. The fourth-order valence-electron chi connectivity index (χ4n) is 2.08. The van der Waals surface area contributed by atoms with Crippen molar-refractivity contribution in [1.82, 2.24) is 4.98 Å². The van der Waals surface area contributed by atoms with Gasteiger partial charge in [-0.3, -0.25) is 0 Å². The van der Waals surface area contributed by atoms with E-state index >= 15 is 0 Å². The highest BCUT2D eigenvalue weighted by Gasteiger charge is 2.18. The lowest BCUT2D eigenvalue weighted by Crippen LogP contribution is -2.00. The van der Waals surface area contributed by atoms with E-state index in [1.165, 1.54) is 24.3 Å². The largest absolute Gasteiger partial charge is 0.435 e. The van der Waals surface area contributed by atoms with Gasteiger partial charge in [-0.05, 0) is 24.3 Å². The van der Waals surface area contributed by atoms with Gasteiger partial charge in [0.1, 0.15) is 23.6 Å². The molecule has 0 aliphatic carbocycles. The molecule has 3 rings (SSSR count). The number of aromatic nitrogens is 1. The van der Waals surface area contributed by atoms with E-state index in [1.54, 1.807) is 24.3 Å². The predicted octanol–water partition coefficient (Wildman–Crippen LogP) is 4.69. The molecular formula is C19H9F2N3O2. The summed E-state index contributed by atoms with van der Waals surface area (Å²) in [5, 5.41) is 18.1. The summed E-state index contributed by atoms with van der Waals surface area (Å²) in [6, 6.07) is 16.7. The minimum absolute atomic E-state index is 0.0661. The van der Waals surface area contributed by atoms with E-state index in [0.717, 1.165) is 0 Å². The Balaban J connectivity index is 1.98. The number of hydrogen-bond acceptors (Lipinski definition) is 5. The van der Waals surface area contributed by atoms with Crippen LogP contribution in [-0.2, 0) is 0 Å². The van der Waals surface area contributed by atoms with Crippen LogP contribution in [0.25, 0.3) is 0 Å². The number of rotatable bonds is 4. The number of benzene rings is 2. The molecule has 0 bridgehead atoms. The fourth-order valence-corrected chi connectivity index (χ4v) is 2.08. The molecule has 0 aliphatic rings. The first kappa shape index (κ1) is 16.9. The zero-order valence-electron chi connectivity index (χ0n) is 13.1. The summed E-state index contributed by atoms with van der Waals surface area (Å²) in [6.07, 6.45) is 0. The molecule has 0 amide bonds. The molecule has 0 aliphatic heterocycles. The van der Waals surface area contributed by atoms with Crippen LogP contribution in [0.1, 0.15) is 11.1 Å². The van der Waals surface area contributed by atoms with Crippen LogP contribution in [-0.4, -0.2) is 4.98 Å². The van der Waals surface area contributed by atoms with Crippen molar-refractivity contribution in [3.63, 3.8) is 0 Å². The molecular weight excluding hydrogens is 340 g/mol. The Morgan fingerprint density at radius 1 is 0.731 bits per heavy atom. The minimum atomic E-state index is -1.06. The van der Waals surface area contributed by atoms with Crippen molar-refractivity contribution in [3.8, 4) is 35.4 Å². The van der Waals surface area contributed by atoms with Crippen LogP contribution in [0.3, 0.4) is 0 Å². The van der Waals surface area contributed by atoms with Crippen molar-refractivity contribution in [2.75, 3.05) is 0 Å². The maximum atomic E-state index is 14.0. The number of halogens is 2. The minimum Gasteiger partial charge on any atom is -0.435 e. The van der Waals surface area contributed by atoms with Gasteiger partial charge in [0, 0.05) is 6.07 Å². The quantitative estimate of drug-likeness (QED) is 0.683. The third-order valence-corrected chi connectivity index (χ3v) is 3.29. The summed E-state index contributed by atoms with van der Waals surface area (Å²) in [5.74, 6) is -3.10. The molecule has 0 spiro atoms. The summed E-state index contributed by atoms with van der Waals surface area (Å²) in [7, 11) is 0. The van der Waals surface area contributed by atoms with Gasteiger partial charge >= 0.3 is 0 Å². The zero-order valence-corrected chi connectivity index (χ0v) is 13.1. The summed E-state index contributed by atoms with van der Waals surface area (Å²) < 4.78 is 38.6. The van der Waals surface area contributed by atoms with Gasteiger partial charge in [0.15, 0.2) is 11.6 Å². The number of para-hydroxylation sites is 2. The Labute approximate surface area is 147 Å². The Hall–Kier alpha value is -3.97. The lowest BCUT2D eigenvalue weighted by Gasteiger charge is -2.11. The Morgan fingerprint density at radius 2 is 1.15 bits per heavy atom. The van der Waals surface area contributed by atoms with E-state index in [2.05, 4.69) is 4.98 Å². The van der Waals surface area contributed by atoms with E-state index in [9.17, 15) is 8.78 Å². The summed E-state index contributed by atoms with van der Waals surface area (Å²) in [6.45, 7) is 0. The van der Waals surface area contributed by atoms with Crippen LogP contribution in [0, 0.1) is 34.3 Å². The SMILES string of the molecule is N#Cc1ccccc1Oc1nc(Oc2ccccc2C#N)c(F)cc1F. The molecule has 5 nitrogen and oxygen atoms in total. The van der Waals surface area contributed by atoms with Crippen molar-refractivity contribution in [1.29, 1.82) is 10.5 Å². The average molecular weight is 349 g/mol. The first-order valence-corrected chi connectivity index (χ1v) is 7.32. The molecule has 126 valence electrons. The summed E-state index contributed by atoms with van der Waals surface area (Å²) in [5.41, 5.74) is 0.325. The van der Waals surface area contributed by atoms with Crippen LogP contribution < -0.4 is 9.47 Å². The second kappa shape index (κ2) is 7.29. The first-order chi connectivity index (χ1) is 12.6. The van der Waals surface area contributed by atoms with E-state index in [1.807, 2.05) is 12.1 Å². The van der Waals surface area contributed by atoms with Crippen LogP contribution in [0.5, 0.6) is 23.3 Å². The highest BCUT2D eigenvalue weighted by atomic mass is 19.1. The van der Waals surface area contributed by atoms with Gasteiger partial charge in [-0.2, -0.15) is 15.5 Å². The third-order valence-electron chi connectivity index (χ3n) is 3.29. The Kier molecular flexibility index (Phi) is 4.73. The van der Waals surface area contributed by atoms with Gasteiger partial charge in [0.2, 0.25) is 0 Å². The summed E-state index contributed by atoms with van der Waals surface area (Å²) >= 11 is 0. The molecule has 3 aromatic rings. The van der Waals surface area contributed by atoms with Crippen molar-refractivity contribution in [3.05, 3.63) is 77.4 Å². The van der Waals surface area contributed by atoms with Gasteiger partial charge in [-0.1, -0.05) is 24.3 Å². The van der Waals surface area contributed by atoms with Gasteiger partial charge in [-0.25, -0.2) is 8.78 Å². The van der Waals surface area contributed by atoms with Crippen molar-refractivity contribution >= 4 is 0 Å². The monoisotopic (exact) mass is 349 g/mol. The second-order valence-electron chi connectivity index (χ2n) is 4.98. The van der Waals surface area contributed by atoms with E-state index in [0.29, 0.717) is 6.07 Å². The molecule has 1 aromatic heterocycles. The second-order valence-corrected chi connectivity index (χ2v) is 4.98. The molecule has 26 heavy (non-hydrogen) atoms. The number of nitriles is 2. The molecule has 1 heterocycles. The molecule has 0 atom stereocenters. The average Bonchev–Trinajstić information content (AvgIpc) is 2.66. The van der Waals surface area contributed by atoms with Crippen molar-refractivity contribution in [2.45, 2.75) is 0 Å². The molecule has 0 saturated heterocycles. The van der Waals surface area contributed by atoms with Crippen molar-refractivity contribution in [2.24, 2.45) is 0 Å². The van der Waals surface area contributed by atoms with Crippen LogP contribution in [0.15, 0.2) is 54.6 Å². The molecule has 2 aromatic carbocycles. The molecule has 0 radical (unpaired) electrons. The number of ether oxygens (including phenoxy) is 2. The van der Waals surface area contributed by atoms with Crippen LogP contribution in [0.4, 0.5) is 8.78 Å². The number of nitrogens with zero attached hydrogens (tertiary/aromatic N) is 3. The number of pyridine rings is 1. The lowest BCUT2D eigenvalue weighted by atomic mass is 10.2. The number of hydrogen-bond donors (Lipinski definition) is 0. The third kappa shape index (κ3) is 3.42. The molecule has 7 heteroatoms. The molecule has 0 N–H and O–H groups in total. The van der Waals surface area contributed by atoms with Crippen LogP contribution in [0.2, 0.25) is 0 Å².